The van der Waals surface area contributed by atoms with Crippen LogP contribution >= 0.6 is 11.6 Å². The molecular formula is C9H3ClF2O2. The summed E-state index contributed by atoms with van der Waals surface area (Å²) in [5.74, 6) is -1.66. The smallest absolute Gasteiger partial charge is 0.205 e. The number of furan rings is 1. The highest BCUT2D eigenvalue weighted by atomic mass is 35.5. The van der Waals surface area contributed by atoms with Gasteiger partial charge in [0.05, 0.1) is 5.56 Å². The van der Waals surface area contributed by atoms with E-state index in [2.05, 4.69) is 0 Å². The van der Waals surface area contributed by atoms with E-state index in [-0.39, 0.29) is 21.8 Å². The summed E-state index contributed by atoms with van der Waals surface area (Å²) in [5.41, 5.74) is -0.251. The average Bonchev–Trinajstić information content (AvgIpc) is 2.41. The molecule has 0 aliphatic rings. The van der Waals surface area contributed by atoms with Gasteiger partial charge in [-0.05, 0) is 17.7 Å². The monoisotopic (exact) mass is 216 g/mol. The van der Waals surface area contributed by atoms with Crippen LogP contribution in [0.1, 0.15) is 10.4 Å². The largest absolute Gasteiger partial charge is 0.441 e. The van der Waals surface area contributed by atoms with Crippen molar-refractivity contribution in [3.8, 4) is 0 Å². The SMILES string of the molecule is O=Cc1c(Cl)oc2c(F)cc(F)cc12. The Bertz CT molecular complexity index is 519. The van der Waals surface area contributed by atoms with Gasteiger partial charge in [0.2, 0.25) is 5.22 Å². The minimum atomic E-state index is -0.880. The van der Waals surface area contributed by atoms with Crippen molar-refractivity contribution in [3.63, 3.8) is 0 Å². The molecule has 14 heavy (non-hydrogen) atoms. The lowest BCUT2D eigenvalue weighted by molar-refractivity contribution is 0.112. The number of carbonyl (C=O) groups is 1. The molecule has 0 aliphatic carbocycles. The molecule has 0 N–H and O–H groups in total. The molecule has 1 aromatic heterocycles. The van der Waals surface area contributed by atoms with Gasteiger partial charge in [0.15, 0.2) is 17.7 Å². The lowest BCUT2D eigenvalue weighted by Crippen LogP contribution is -1.82. The van der Waals surface area contributed by atoms with Gasteiger partial charge in [-0.3, -0.25) is 4.79 Å². The fourth-order valence-corrected chi connectivity index (χ4v) is 1.45. The number of halogens is 3. The summed E-state index contributed by atoms with van der Waals surface area (Å²) in [7, 11) is 0. The van der Waals surface area contributed by atoms with Crippen molar-refractivity contribution in [1.29, 1.82) is 0 Å². The zero-order chi connectivity index (χ0) is 10.3. The maximum absolute atomic E-state index is 13.1. The van der Waals surface area contributed by atoms with Gasteiger partial charge in [-0.25, -0.2) is 8.78 Å². The second-order valence-corrected chi connectivity index (χ2v) is 3.01. The number of fused-ring (bicyclic) bond motifs is 1. The van der Waals surface area contributed by atoms with Crippen LogP contribution in [0.2, 0.25) is 5.22 Å². The van der Waals surface area contributed by atoms with Crippen LogP contribution in [0.15, 0.2) is 16.5 Å². The van der Waals surface area contributed by atoms with Crippen LogP contribution in [-0.4, -0.2) is 6.29 Å². The van der Waals surface area contributed by atoms with Gasteiger partial charge >= 0.3 is 0 Å². The van der Waals surface area contributed by atoms with Crippen LogP contribution in [-0.2, 0) is 0 Å². The standard InChI is InChI=1S/C9H3ClF2O2/c10-9-6(3-13)5-1-4(11)2-7(12)8(5)14-9/h1-3H. The summed E-state index contributed by atoms with van der Waals surface area (Å²) in [4.78, 5) is 10.5. The summed E-state index contributed by atoms with van der Waals surface area (Å²) in [5, 5.41) is -0.193. The Morgan fingerprint density at radius 1 is 1.36 bits per heavy atom. The molecular weight excluding hydrogens is 214 g/mol. The summed E-state index contributed by atoms with van der Waals surface area (Å²) in [6, 6.07) is 1.66. The first kappa shape index (κ1) is 9.15. The summed E-state index contributed by atoms with van der Waals surface area (Å²) in [6.45, 7) is 0. The quantitative estimate of drug-likeness (QED) is 0.686. The molecule has 2 aromatic rings. The third-order valence-corrected chi connectivity index (χ3v) is 2.10. The van der Waals surface area contributed by atoms with Gasteiger partial charge in [0.1, 0.15) is 5.82 Å². The third kappa shape index (κ3) is 1.19. The number of carbonyl (C=O) groups excluding carboxylic acids is 1. The Labute approximate surface area is 82.1 Å². The van der Waals surface area contributed by atoms with Crippen molar-refractivity contribution in [2.75, 3.05) is 0 Å². The molecule has 0 spiro atoms. The van der Waals surface area contributed by atoms with E-state index in [0.717, 1.165) is 6.07 Å². The van der Waals surface area contributed by atoms with E-state index in [0.29, 0.717) is 12.4 Å². The van der Waals surface area contributed by atoms with Gasteiger partial charge in [-0.2, -0.15) is 0 Å². The highest BCUT2D eigenvalue weighted by molar-refractivity contribution is 6.33. The van der Waals surface area contributed by atoms with Crippen molar-refractivity contribution >= 4 is 28.9 Å². The van der Waals surface area contributed by atoms with Gasteiger partial charge in [0, 0.05) is 11.5 Å². The second-order valence-electron chi connectivity index (χ2n) is 2.67. The number of hydrogen-bond acceptors (Lipinski definition) is 2. The fraction of sp³-hybridized carbons (Fsp3) is 0. The molecule has 0 aliphatic heterocycles. The number of hydrogen-bond donors (Lipinski definition) is 0. The van der Waals surface area contributed by atoms with Crippen molar-refractivity contribution < 1.29 is 18.0 Å². The Hall–Kier alpha value is -1.42. The molecule has 5 heteroatoms. The zero-order valence-electron chi connectivity index (χ0n) is 6.68. The molecule has 2 rings (SSSR count). The van der Waals surface area contributed by atoms with E-state index >= 15 is 0 Å². The van der Waals surface area contributed by atoms with Gasteiger partial charge in [-0.15, -0.1) is 0 Å². The van der Waals surface area contributed by atoms with Crippen LogP contribution in [0.4, 0.5) is 8.78 Å². The van der Waals surface area contributed by atoms with Crippen molar-refractivity contribution in [3.05, 3.63) is 34.6 Å². The molecule has 0 radical (unpaired) electrons. The highest BCUT2D eigenvalue weighted by Crippen LogP contribution is 2.30. The molecule has 1 heterocycles. The molecule has 0 unspecified atom stereocenters. The van der Waals surface area contributed by atoms with Crippen LogP contribution < -0.4 is 0 Å². The zero-order valence-corrected chi connectivity index (χ0v) is 7.44. The molecule has 0 saturated heterocycles. The average molecular weight is 217 g/mol. The number of aldehydes is 1. The first-order valence-corrected chi connectivity index (χ1v) is 4.03. The molecule has 0 saturated carbocycles. The molecule has 2 nitrogen and oxygen atoms in total. The van der Waals surface area contributed by atoms with Crippen LogP contribution in [0.5, 0.6) is 0 Å². The minimum Gasteiger partial charge on any atom is -0.441 e. The Kier molecular flexibility index (Phi) is 2.00. The van der Waals surface area contributed by atoms with E-state index in [1.807, 2.05) is 0 Å². The second kappa shape index (κ2) is 3.06. The van der Waals surface area contributed by atoms with E-state index < -0.39 is 11.6 Å². The molecule has 1 aromatic carbocycles. The van der Waals surface area contributed by atoms with Crippen molar-refractivity contribution in [2.45, 2.75) is 0 Å². The Morgan fingerprint density at radius 3 is 2.71 bits per heavy atom. The third-order valence-electron chi connectivity index (χ3n) is 1.82. The summed E-state index contributed by atoms with van der Waals surface area (Å²) >= 11 is 5.51. The van der Waals surface area contributed by atoms with Crippen molar-refractivity contribution in [1.82, 2.24) is 0 Å². The lowest BCUT2D eigenvalue weighted by atomic mass is 10.2. The summed E-state index contributed by atoms with van der Waals surface area (Å²) < 4.78 is 30.6. The molecule has 72 valence electrons. The molecule has 0 fully saturated rings. The number of rotatable bonds is 1. The first-order chi connectivity index (χ1) is 6.63. The predicted molar refractivity (Wildman–Crippen MR) is 46.5 cm³/mol. The first-order valence-electron chi connectivity index (χ1n) is 3.65. The van der Waals surface area contributed by atoms with Gasteiger partial charge in [-0.1, -0.05) is 0 Å². The maximum atomic E-state index is 13.1. The summed E-state index contributed by atoms with van der Waals surface area (Å²) in [6.07, 6.45) is 0.396. The topological polar surface area (TPSA) is 30.2 Å². The lowest BCUT2D eigenvalue weighted by Gasteiger charge is -1.91. The van der Waals surface area contributed by atoms with Crippen LogP contribution in [0.3, 0.4) is 0 Å². The van der Waals surface area contributed by atoms with Crippen LogP contribution in [0, 0.1) is 11.6 Å². The van der Waals surface area contributed by atoms with Gasteiger partial charge < -0.3 is 4.42 Å². The van der Waals surface area contributed by atoms with E-state index in [4.69, 9.17) is 16.0 Å². The minimum absolute atomic E-state index is 0.0416. The normalized spacial score (nSPS) is 10.8. The molecule has 0 bridgehead atoms. The van der Waals surface area contributed by atoms with Gasteiger partial charge in [0.25, 0.3) is 0 Å². The van der Waals surface area contributed by atoms with E-state index in [9.17, 15) is 13.6 Å². The van der Waals surface area contributed by atoms with E-state index in [1.54, 1.807) is 0 Å². The predicted octanol–water partition coefficient (Wildman–Crippen LogP) is 3.18. The molecule has 0 atom stereocenters. The molecule has 0 amide bonds. The van der Waals surface area contributed by atoms with Crippen LogP contribution in [0.25, 0.3) is 11.0 Å². The highest BCUT2D eigenvalue weighted by Gasteiger charge is 2.16. The fourth-order valence-electron chi connectivity index (χ4n) is 1.22. The Morgan fingerprint density at radius 2 is 2.07 bits per heavy atom. The van der Waals surface area contributed by atoms with Crippen molar-refractivity contribution in [2.24, 2.45) is 0 Å². The van der Waals surface area contributed by atoms with E-state index in [1.165, 1.54) is 0 Å². The Balaban J connectivity index is 2.94. The maximum Gasteiger partial charge on any atom is 0.205 e. The number of benzene rings is 1.